The summed E-state index contributed by atoms with van der Waals surface area (Å²) < 4.78 is 0. The van der Waals surface area contributed by atoms with Gasteiger partial charge in [0.15, 0.2) is 0 Å². The van der Waals surface area contributed by atoms with Gasteiger partial charge in [-0.05, 0) is 24.6 Å². The van der Waals surface area contributed by atoms with E-state index < -0.39 is 0 Å². The molecule has 0 heterocycles. The zero-order valence-electron chi connectivity index (χ0n) is 6.14. The second-order valence-electron chi connectivity index (χ2n) is 2.17. The van der Waals surface area contributed by atoms with E-state index in [2.05, 4.69) is 0 Å². The van der Waals surface area contributed by atoms with Gasteiger partial charge in [-0.15, -0.1) is 0 Å². The molecule has 0 aliphatic carbocycles. The lowest BCUT2D eigenvalue weighted by molar-refractivity contribution is 1.64. The van der Waals surface area contributed by atoms with E-state index in [1.807, 2.05) is 31.2 Å². The molecule has 0 spiro atoms. The summed E-state index contributed by atoms with van der Waals surface area (Å²) in [5.74, 6) is 0. The van der Waals surface area contributed by atoms with E-state index in [0.717, 1.165) is 5.56 Å². The molecule has 0 saturated carbocycles. The fraction of sp³-hybridized carbons (Fsp3) is 0.111. The molecular weight excluding hydrogens is 179 g/mol. The Hall–Kier alpha value is -0.460. The Morgan fingerprint density at radius 1 is 1.18 bits per heavy atom. The molecule has 0 amide bonds. The maximum atomic E-state index is 5.78. The average molecular weight is 187 g/mol. The first-order valence-corrected chi connectivity index (χ1v) is 4.07. The van der Waals surface area contributed by atoms with Gasteiger partial charge in [-0.1, -0.05) is 41.4 Å². The lowest BCUT2D eigenvalue weighted by Crippen LogP contribution is -1.72. The van der Waals surface area contributed by atoms with Crippen LogP contribution in [0.3, 0.4) is 0 Å². The zero-order valence-corrected chi connectivity index (χ0v) is 7.65. The Balaban J connectivity index is 3.05. The topological polar surface area (TPSA) is 0 Å². The highest BCUT2D eigenvalue weighted by molar-refractivity contribution is 6.42. The van der Waals surface area contributed by atoms with E-state index >= 15 is 0 Å². The van der Waals surface area contributed by atoms with Crippen molar-refractivity contribution < 1.29 is 0 Å². The highest BCUT2D eigenvalue weighted by Gasteiger charge is 1.95. The van der Waals surface area contributed by atoms with Gasteiger partial charge < -0.3 is 0 Å². The summed E-state index contributed by atoms with van der Waals surface area (Å²) >= 11 is 11.5. The number of rotatable bonds is 1. The van der Waals surface area contributed by atoms with Crippen LogP contribution in [0, 0.1) is 0 Å². The molecule has 2 heteroatoms. The first kappa shape index (κ1) is 8.63. The number of benzene rings is 1. The standard InChI is InChI=1S/C9H8Cl2/c1-2-3-7-4-5-8(10)9(11)6-7/h2-6H,1H3/b3-2-. The van der Waals surface area contributed by atoms with Crippen molar-refractivity contribution in [2.24, 2.45) is 0 Å². The summed E-state index contributed by atoms with van der Waals surface area (Å²) in [4.78, 5) is 0. The van der Waals surface area contributed by atoms with Crippen LogP contribution in [0.25, 0.3) is 6.08 Å². The van der Waals surface area contributed by atoms with E-state index in [9.17, 15) is 0 Å². The third-order valence-corrected chi connectivity index (χ3v) is 2.04. The largest absolute Gasteiger partial charge is 0.0871 e. The molecule has 0 saturated heterocycles. The minimum Gasteiger partial charge on any atom is -0.0871 e. The molecule has 0 fully saturated rings. The van der Waals surface area contributed by atoms with Crippen molar-refractivity contribution in [3.63, 3.8) is 0 Å². The Kier molecular flexibility index (Phi) is 2.98. The van der Waals surface area contributed by atoms with Gasteiger partial charge in [0.1, 0.15) is 0 Å². The van der Waals surface area contributed by atoms with Crippen LogP contribution in [-0.4, -0.2) is 0 Å². The van der Waals surface area contributed by atoms with Gasteiger partial charge in [-0.25, -0.2) is 0 Å². The van der Waals surface area contributed by atoms with Crippen molar-refractivity contribution in [1.82, 2.24) is 0 Å². The first-order valence-electron chi connectivity index (χ1n) is 3.32. The summed E-state index contributed by atoms with van der Waals surface area (Å²) in [5, 5.41) is 1.20. The highest BCUT2D eigenvalue weighted by Crippen LogP contribution is 2.22. The monoisotopic (exact) mass is 186 g/mol. The molecule has 1 aromatic rings. The van der Waals surface area contributed by atoms with E-state index in [4.69, 9.17) is 23.2 Å². The maximum Gasteiger partial charge on any atom is 0.0598 e. The predicted molar refractivity (Wildman–Crippen MR) is 51.2 cm³/mol. The fourth-order valence-corrected chi connectivity index (χ4v) is 1.12. The lowest BCUT2D eigenvalue weighted by atomic mass is 10.2. The molecule has 0 nitrogen and oxygen atoms in total. The molecule has 0 N–H and O–H groups in total. The van der Waals surface area contributed by atoms with Crippen molar-refractivity contribution in [3.05, 3.63) is 39.9 Å². The Morgan fingerprint density at radius 2 is 1.91 bits per heavy atom. The maximum absolute atomic E-state index is 5.78. The minimum absolute atomic E-state index is 0.597. The van der Waals surface area contributed by atoms with Crippen LogP contribution in [0.5, 0.6) is 0 Å². The summed E-state index contributed by atoms with van der Waals surface area (Å²) in [6, 6.07) is 5.55. The second-order valence-corrected chi connectivity index (χ2v) is 2.99. The molecular formula is C9H8Cl2. The van der Waals surface area contributed by atoms with Gasteiger partial charge in [-0.3, -0.25) is 0 Å². The quantitative estimate of drug-likeness (QED) is 0.622. The van der Waals surface area contributed by atoms with Crippen LogP contribution in [0.4, 0.5) is 0 Å². The molecule has 1 aromatic carbocycles. The predicted octanol–water partition coefficient (Wildman–Crippen LogP) is 4.03. The van der Waals surface area contributed by atoms with Crippen molar-refractivity contribution in [1.29, 1.82) is 0 Å². The fourth-order valence-electron chi connectivity index (χ4n) is 0.809. The molecule has 0 aromatic heterocycles. The number of halogens is 2. The molecule has 11 heavy (non-hydrogen) atoms. The summed E-state index contributed by atoms with van der Waals surface area (Å²) in [5.41, 5.74) is 1.07. The molecule has 0 bridgehead atoms. The van der Waals surface area contributed by atoms with Crippen LogP contribution in [0.15, 0.2) is 24.3 Å². The van der Waals surface area contributed by atoms with Crippen LogP contribution in [0.1, 0.15) is 12.5 Å². The molecule has 0 aliphatic rings. The zero-order chi connectivity index (χ0) is 8.27. The van der Waals surface area contributed by atoms with E-state index in [1.165, 1.54) is 0 Å². The molecule has 0 atom stereocenters. The third kappa shape index (κ3) is 2.25. The number of allylic oxidation sites excluding steroid dienone is 1. The van der Waals surface area contributed by atoms with Crippen LogP contribution < -0.4 is 0 Å². The Labute approximate surface area is 76.4 Å². The number of hydrogen-bond acceptors (Lipinski definition) is 0. The Morgan fingerprint density at radius 3 is 2.45 bits per heavy atom. The normalized spacial score (nSPS) is 10.8. The highest BCUT2D eigenvalue weighted by atomic mass is 35.5. The molecule has 1 rings (SSSR count). The Bertz CT molecular complexity index is 277. The molecule has 0 aliphatic heterocycles. The SMILES string of the molecule is C/C=C\c1ccc(Cl)c(Cl)c1. The molecule has 0 unspecified atom stereocenters. The van der Waals surface area contributed by atoms with Crippen LogP contribution in [0.2, 0.25) is 10.0 Å². The smallest absolute Gasteiger partial charge is 0.0598 e. The van der Waals surface area contributed by atoms with Crippen molar-refractivity contribution in [2.75, 3.05) is 0 Å². The number of hydrogen-bond donors (Lipinski definition) is 0. The lowest BCUT2D eigenvalue weighted by Gasteiger charge is -1.96. The average Bonchev–Trinajstić information content (AvgIpc) is 1.98. The third-order valence-electron chi connectivity index (χ3n) is 1.30. The minimum atomic E-state index is 0.597. The molecule has 0 radical (unpaired) electrons. The summed E-state index contributed by atoms with van der Waals surface area (Å²) in [6.45, 7) is 1.96. The van der Waals surface area contributed by atoms with Gasteiger partial charge in [0, 0.05) is 0 Å². The summed E-state index contributed by atoms with van der Waals surface area (Å²) in [6.07, 6.45) is 3.93. The van der Waals surface area contributed by atoms with Crippen LogP contribution >= 0.6 is 23.2 Å². The van der Waals surface area contributed by atoms with Crippen molar-refractivity contribution in [3.8, 4) is 0 Å². The first-order chi connectivity index (χ1) is 5.24. The van der Waals surface area contributed by atoms with Gasteiger partial charge in [0.2, 0.25) is 0 Å². The van der Waals surface area contributed by atoms with E-state index in [-0.39, 0.29) is 0 Å². The van der Waals surface area contributed by atoms with Gasteiger partial charge in [-0.2, -0.15) is 0 Å². The van der Waals surface area contributed by atoms with Gasteiger partial charge in [0.25, 0.3) is 0 Å². The van der Waals surface area contributed by atoms with Crippen LogP contribution in [-0.2, 0) is 0 Å². The van der Waals surface area contributed by atoms with Gasteiger partial charge >= 0.3 is 0 Å². The van der Waals surface area contributed by atoms with Gasteiger partial charge in [0.05, 0.1) is 10.0 Å². The second kappa shape index (κ2) is 3.80. The molecule has 58 valence electrons. The van der Waals surface area contributed by atoms with Crippen molar-refractivity contribution in [2.45, 2.75) is 6.92 Å². The van der Waals surface area contributed by atoms with E-state index in [1.54, 1.807) is 6.07 Å². The summed E-state index contributed by atoms with van der Waals surface area (Å²) in [7, 11) is 0. The van der Waals surface area contributed by atoms with Crippen molar-refractivity contribution >= 4 is 29.3 Å². The van der Waals surface area contributed by atoms with E-state index in [0.29, 0.717) is 10.0 Å².